The smallest absolute Gasteiger partial charge is 0.245 e. The van der Waals surface area contributed by atoms with Crippen molar-refractivity contribution in [2.45, 2.75) is 33.6 Å². The van der Waals surface area contributed by atoms with E-state index in [1.807, 2.05) is 31.4 Å². The molecule has 0 bridgehead atoms. The molecule has 1 heterocycles. The fourth-order valence-corrected chi connectivity index (χ4v) is 2.94. The molecule has 2 N–H and O–H groups in total. The van der Waals surface area contributed by atoms with E-state index < -0.39 is 0 Å². The molecule has 2 amide bonds. The average molecular weight is 331 g/mol. The van der Waals surface area contributed by atoms with Gasteiger partial charge in [0.1, 0.15) is 0 Å². The summed E-state index contributed by atoms with van der Waals surface area (Å²) in [5, 5.41) is 7.75. The standard InChI is InChI=1S/C17H21N3O2S/c1-4-5-15(21)18-9-16(22)20-17-19-14(10-23-17)13-7-6-11(2)8-12(13)3/h6-8,10H,4-5,9H2,1-3H3,(H,18,21)(H,19,20,22). The Hall–Kier alpha value is -2.21. The third kappa shape index (κ3) is 4.89. The molecule has 1 aromatic heterocycles. The van der Waals surface area contributed by atoms with Crippen LogP contribution in [0.25, 0.3) is 11.3 Å². The van der Waals surface area contributed by atoms with E-state index >= 15 is 0 Å². The van der Waals surface area contributed by atoms with Gasteiger partial charge in [-0.15, -0.1) is 11.3 Å². The molecule has 2 rings (SSSR count). The Morgan fingerprint density at radius 2 is 2.00 bits per heavy atom. The van der Waals surface area contributed by atoms with Crippen molar-refractivity contribution in [2.75, 3.05) is 11.9 Å². The summed E-state index contributed by atoms with van der Waals surface area (Å²) in [6.07, 6.45) is 1.20. The number of rotatable bonds is 6. The van der Waals surface area contributed by atoms with Gasteiger partial charge in [0.05, 0.1) is 12.2 Å². The van der Waals surface area contributed by atoms with E-state index in [0.717, 1.165) is 23.2 Å². The minimum atomic E-state index is -0.268. The maximum Gasteiger partial charge on any atom is 0.245 e. The van der Waals surface area contributed by atoms with Crippen LogP contribution in [-0.4, -0.2) is 23.3 Å². The third-order valence-electron chi connectivity index (χ3n) is 3.33. The van der Waals surface area contributed by atoms with Gasteiger partial charge in [-0.05, 0) is 25.8 Å². The monoisotopic (exact) mass is 331 g/mol. The summed E-state index contributed by atoms with van der Waals surface area (Å²) in [4.78, 5) is 27.6. The molecule has 0 saturated carbocycles. The van der Waals surface area contributed by atoms with E-state index in [2.05, 4.69) is 28.6 Å². The zero-order chi connectivity index (χ0) is 16.8. The minimum absolute atomic E-state index is 0.0305. The molecule has 6 heteroatoms. The molecule has 0 fully saturated rings. The van der Waals surface area contributed by atoms with Crippen molar-refractivity contribution in [3.8, 4) is 11.3 Å². The van der Waals surface area contributed by atoms with Gasteiger partial charge in [0.25, 0.3) is 0 Å². The second kappa shape index (κ2) is 7.87. The van der Waals surface area contributed by atoms with Gasteiger partial charge in [0.2, 0.25) is 11.8 Å². The largest absolute Gasteiger partial charge is 0.347 e. The number of hydrogen-bond acceptors (Lipinski definition) is 4. The number of thiazole rings is 1. The van der Waals surface area contributed by atoms with Gasteiger partial charge in [-0.25, -0.2) is 4.98 Å². The molecule has 0 aliphatic heterocycles. The van der Waals surface area contributed by atoms with Gasteiger partial charge in [0, 0.05) is 17.4 Å². The molecule has 23 heavy (non-hydrogen) atoms. The molecule has 5 nitrogen and oxygen atoms in total. The first-order chi connectivity index (χ1) is 11.0. The maximum absolute atomic E-state index is 11.8. The van der Waals surface area contributed by atoms with E-state index in [4.69, 9.17) is 0 Å². The van der Waals surface area contributed by atoms with Gasteiger partial charge < -0.3 is 10.6 Å². The molecule has 122 valence electrons. The summed E-state index contributed by atoms with van der Waals surface area (Å²) in [5.41, 5.74) is 4.26. The summed E-state index contributed by atoms with van der Waals surface area (Å²) in [6, 6.07) is 6.19. The number of nitrogens with zero attached hydrogens (tertiary/aromatic N) is 1. The number of benzene rings is 1. The van der Waals surface area contributed by atoms with Gasteiger partial charge in [0.15, 0.2) is 5.13 Å². The van der Waals surface area contributed by atoms with Crippen LogP contribution in [0.2, 0.25) is 0 Å². The summed E-state index contributed by atoms with van der Waals surface area (Å²) in [5.74, 6) is -0.381. The molecule has 1 aromatic carbocycles. The summed E-state index contributed by atoms with van der Waals surface area (Å²) < 4.78 is 0. The lowest BCUT2D eigenvalue weighted by Gasteiger charge is -2.05. The van der Waals surface area contributed by atoms with Crippen molar-refractivity contribution in [2.24, 2.45) is 0 Å². The molecular weight excluding hydrogens is 310 g/mol. The minimum Gasteiger partial charge on any atom is -0.347 e. The van der Waals surface area contributed by atoms with Crippen LogP contribution in [0.4, 0.5) is 5.13 Å². The van der Waals surface area contributed by atoms with Gasteiger partial charge in [-0.2, -0.15) is 0 Å². The maximum atomic E-state index is 11.8. The van der Waals surface area contributed by atoms with E-state index in [1.54, 1.807) is 0 Å². The molecule has 0 aliphatic rings. The molecule has 0 atom stereocenters. The Labute approximate surface area is 140 Å². The number of amides is 2. The topological polar surface area (TPSA) is 71.1 Å². The highest BCUT2D eigenvalue weighted by molar-refractivity contribution is 7.14. The molecule has 0 aliphatic carbocycles. The lowest BCUT2D eigenvalue weighted by atomic mass is 10.0. The molecule has 0 spiro atoms. The molecule has 2 aromatic rings. The lowest BCUT2D eigenvalue weighted by Crippen LogP contribution is -2.32. The highest BCUT2D eigenvalue weighted by atomic mass is 32.1. The number of aromatic nitrogens is 1. The first kappa shape index (κ1) is 17.1. The number of nitrogens with one attached hydrogen (secondary N) is 2. The Morgan fingerprint density at radius 1 is 1.22 bits per heavy atom. The van der Waals surface area contributed by atoms with Crippen LogP contribution >= 0.6 is 11.3 Å². The second-order valence-electron chi connectivity index (χ2n) is 5.43. The summed E-state index contributed by atoms with van der Waals surface area (Å²) >= 11 is 1.37. The Morgan fingerprint density at radius 3 is 2.70 bits per heavy atom. The molecule has 0 radical (unpaired) electrons. The predicted octanol–water partition coefficient (Wildman–Crippen LogP) is 3.28. The molecule has 0 saturated heterocycles. The lowest BCUT2D eigenvalue weighted by molar-refractivity contribution is -0.124. The van der Waals surface area contributed by atoms with E-state index in [0.29, 0.717) is 11.6 Å². The van der Waals surface area contributed by atoms with E-state index in [9.17, 15) is 9.59 Å². The van der Waals surface area contributed by atoms with Crippen molar-refractivity contribution in [1.29, 1.82) is 0 Å². The number of carbonyl (C=O) groups is 2. The van der Waals surface area contributed by atoms with Crippen LogP contribution < -0.4 is 10.6 Å². The zero-order valence-electron chi connectivity index (χ0n) is 13.6. The summed E-state index contributed by atoms with van der Waals surface area (Å²) in [7, 11) is 0. The second-order valence-corrected chi connectivity index (χ2v) is 6.29. The van der Waals surface area contributed by atoms with Crippen LogP contribution in [0.5, 0.6) is 0 Å². The van der Waals surface area contributed by atoms with E-state index in [-0.39, 0.29) is 18.4 Å². The summed E-state index contributed by atoms with van der Waals surface area (Å²) in [6.45, 7) is 5.99. The number of anilines is 1. The third-order valence-corrected chi connectivity index (χ3v) is 4.09. The van der Waals surface area contributed by atoms with Crippen molar-refractivity contribution in [1.82, 2.24) is 10.3 Å². The normalized spacial score (nSPS) is 10.4. The van der Waals surface area contributed by atoms with Gasteiger partial charge in [-0.3, -0.25) is 9.59 Å². The number of aryl methyl sites for hydroxylation is 2. The van der Waals surface area contributed by atoms with Crippen LogP contribution in [0.1, 0.15) is 30.9 Å². The quantitative estimate of drug-likeness (QED) is 0.853. The Balaban J connectivity index is 1.97. The Bertz CT molecular complexity index is 710. The van der Waals surface area contributed by atoms with E-state index in [1.165, 1.54) is 16.9 Å². The first-order valence-electron chi connectivity index (χ1n) is 7.59. The SMILES string of the molecule is CCCC(=O)NCC(=O)Nc1nc(-c2ccc(C)cc2C)cs1. The van der Waals surface area contributed by atoms with Gasteiger partial charge >= 0.3 is 0 Å². The number of carbonyl (C=O) groups excluding carboxylic acids is 2. The van der Waals surface area contributed by atoms with Crippen molar-refractivity contribution < 1.29 is 9.59 Å². The average Bonchev–Trinajstić information content (AvgIpc) is 2.93. The van der Waals surface area contributed by atoms with Crippen LogP contribution in [0.15, 0.2) is 23.6 Å². The van der Waals surface area contributed by atoms with Crippen LogP contribution in [-0.2, 0) is 9.59 Å². The Kier molecular flexibility index (Phi) is 5.87. The fourth-order valence-electron chi connectivity index (χ4n) is 2.21. The van der Waals surface area contributed by atoms with Gasteiger partial charge in [-0.1, -0.05) is 30.7 Å². The fraction of sp³-hybridized carbons (Fsp3) is 0.353. The van der Waals surface area contributed by atoms with Crippen LogP contribution in [0, 0.1) is 13.8 Å². The predicted molar refractivity (Wildman–Crippen MR) is 93.6 cm³/mol. The van der Waals surface area contributed by atoms with Crippen molar-refractivity contribution in [3.63, 3.8) is 0 Å². The first-order valence-corrected chi connectivity index (χ1v) is 8.47. The highest BCUT2D eigenvalue weighted by Gasteiger charge is 2.10. The van der Waals surface area contributed by atoms with Crippen molar-refractivity contribution in [3.05, 3.63) is 34.7 Å². The number of hydrogen-bond donors (Lipinski definition) is 2. The highest BCUT2D eigenvalue weighted by Crippen LogP contribution is 2.27. The van der Waals surface area contributed by atoms with Crippen molar-refractivity contribution >= 4 is 28.3 Å². The zero-order valence-corrected chi connectivity index (χ0v) is 14.4. The molecular formula is C17H21N3O2S. The van der Waals surface area contributed by atoms with Crippen LogP contribution in [0.3, 0.4) is 0 Å². The molecule has 0 unspecified atom stereocenters.